The molecule has 0 bridgehead atoms. The molecule has 0 spiro atoms. The summed E-state index contributed by atoms with van der Waals surface area (Å²) in [5.74, 6) is 0.199. The number of rotatable bonds is 5. The third-order valence-electron chi connectivity index (χ3n) is 4.70. The van der Waals surface area contributed by atoms with Gasteiger partial charge in [0.15, 0.2) is 0 Å². The standard InChI is InChI=1S/C17H22FN3O4S2/c18-14-2-4-15(5-3-14)27(24,25)21-8-1-7-19(10-11-21)16(22)6-9-20-12-13-26-17(20)23/h2-5H,1,6-13H2. The van der Waals surface area contributed by atoms with E-state index in [1.165, 1.54) is 28.2 Å². The van der Waals surface area contributed by atoms with Crippen molar-refractivity contribution in [2.45, 2.75) is 17.7 Å². The van der Waals surface area contributed by atoms with Gasteiger partial charge in [-0.05, 0) is 30.7 Å². The highest BCUT2D eigenvalue weighted by molar-refractivity contribution is 8.13. The third kappa shape index (κ3) is 4.80. The fraction of sp³-hybridized carbons (Fsp3) is 0.529. The van der Waals surface area contributed by atoms with Crippen LogP contribution >= 0.6 is 11.8 Å². The number of halogens is 1. The first-order chi connectivity index (χ1) is 12.9. The monoisotopic (exact) mass is 415 g/mol. The van der Waals surface area contributed by atoms with E-state index in [0.29, 0.717) is 39.1 Å². The third-order valence-corrected chi connectivity index (χ3v) is 7.50. The number of carbonyl (C=O) groups excluding carboxylic acids is 2. The molecular weight excluding hydrogens is 393 g/mol. The number of nitrogens with zero attached hydrogens (tertiary/aromatic N) is 3. The van der Waals surface area contributed by atoms with Crippen LogP contribution in [0.3, 0.4) is 0 Å². The summed E-state index contributed by atoms with van der Waals surface area (Å²) < 4.78 is 39.8. The zero-order chi connectivity index (χ0) is 19.4. The average molecular weight is 416 g/mol. The Morgan fingerprint density at radius 2 is 1.81 bits per heavy atom. The summed E-state index contributed by atoms with van der Waals surface area (Å²) in [4.78, 5) is 27.4. The minimum absolute atomic E-state index is 0.00947. The molecule has 1 aromatic rings. The second kappa shape index (κ2) is 8.57. The Kier molecular flexibility index (Phi) is 6.38. The van der Waals surface area contributed by atoms with Crippen molar-refractivity contribution in [1.82, 2.24) is 14.1 Å². The number of benzene rings is 1. The molecule has 0 radical (unpaired) electrons. The maximum atomic E-state index is 13.1. The second-order valence-corrected chi connectivity index (χ2v) is 9.43. The number of thioether (sulfide) groups is 1. The van der Waals surface area contributed by atoms with Gasteiger partial charge in [-0.1, -0.05) is 11.8 Å². The lowest BCUT2D eigenvalue weighted by molar-refractivity contribution is -0.131. The lowest BCUT2D eigenvalue weighted by Gasteiger charge is -2.23. The van der Waals surface area contributed by atoms with Crippen molar-refractivity contribution in [2.24, 2.45) is 0 Å². The molecule has 1 aromatic carbocycles. The first-order valence-corrected chi connectivity index (χ1v) is 11.3. The topological polar surface area (TPSA) is 78.0 Å². The van der Waals surface area contributed by atoms with E-state index < -0.39 is 15.8 Å². The Labute approximate surface area is 162 Å². The summed E-state index contributed by atoms with van der Waals surface area (Å²) in [6, 6.07) is 4.75. The van der Waals surface area contributed by atoms with Gasteiger partial charge in [-0.25, -0.2) is 12.8 Å². The molecule has 3 rings (SSSR count). The van der Waals surface area contributed by atoms with Gasteiger partial charge < -0.3 is 9.80 Å². The lowest BCUT2D eigenvalue weighted by Crippen LogP contribution is -2.38. The van der Waals surface area contributed by atoms with Crippen LogP contribution < -0.4 is 0 Å². The number of amides is 2. The normalized spacial score (nSPS) is 19.4. The van der Waals surface area contributed by atoms with Crippen LogP contribution in [-0.2, 0) is 14.8 Å². The van der Waals surface area contributed by atoms with Gasteiger partial charge in [0.25, 0.3) is 5.24 Å². The van der Waals surface area contributed by atoms with Gasteiger partial charge in [0.05, 0.1) is 4.90 Å². The highest BCUT2D eigenvalue weighted by Crippen LogP contribution is 2.20. The molecule has 27 heavy (non-hydrogen) atoms. The van der Waals surface area contributed by atoms with Crippen LogP contribution in [0.25, 0.3) is 0 Å². The number of hydrogen-bond donors (Lipinski definition) is 0. The fourth-order valence-corrected chi connectivity index (χ4v) is 5.48. The van der Waals surface area contributed by atoms with E-state index in [2.05, 4.69) is 0 Å². The number of sulfonamides is 1. The largest absolute Gasteiger partial charge is 0.341 e. The average Bonchev–Trinajstić information content (AvgIpc) is 2.90. The van der Waals surface area contributed by atoms with Gasteiger partial charge in [-0.2, -0.15) is 4.31 Å². The molecule has 7 nitrogen and oxygen atoms in total. The second-order valence-electron chi connectivity index (χ2n) is 6.44. The Morgan fingerprint density at radius 1 is 1.07 bits per heavy atom. The van der Waals surface area contributed by atoms with Crippen molar-refractivity contribution < 1.29 is 22.4 Å². The minimum atomic E-state index is -3.71. The smallest absolute Gasteiger partial charge is 0.281 e. The molecule has 0 atom stereocenters. The van der Waals surface area contributed by atoms with Crippen molar-refractivity contribution in [2.75, 3.05) is 45.0 Å². The molecule has 0 aliphatic carbocycles. The molecule has 2 amide bonds. The SMILES string of the molecule is O=C(CCN1CCSC1=O)N1CCCN(S(=O)(=O)c2ccc(F)cc2)CC1. The van der Waals surface area contributed by atoms with Crippen molar-refractivity contribution in [3.63, 3.8) is 0 Å². The van der Waals surface area contributed by atoms with E-state index in [9.17, 15) is 22.4 Å². The van der Waals surface area contributed by atoms with E-state index in [1.54, 1.807) is 9.80 Å². The van der Waals surface area contributed by atoms with Crippen molar-refractivity contribution in [1.29, 1.82) is 0 Å². The van der Waals surface area contributed by atoms with Gasteiger partial charge >= 0.3 is 0 Å². The van der Waals surface area contributed by atoms with Gasteiger partial charge in [-0.3, -0.25) is 9.59 Å². The summed E-state index contributed by atoms with van der Waals surface area (Å²) in [6.07, 6.45) is 0.779. The van der Waals surface area contributed by atoms with Gasteiger partial charge in [0.1, 0.15) is 5.82 Å². The van der Waals surface area contributed by atoms with Crippen LogP contribution in [0.2, 0.25) is 0 Å². The van der Waals surface area contributed by atoms with Crippen LogP contribution in [0.5, 0.6) is 0 Å². The molecule has 2 aliphatic rings. The summed E-state index contributed by atoms with van der Waals surface area (Å²) in [5, 5.41) is 0.00947. The zero-order valence-electron chi connectivity index (χ0n) is 14.8. The van der Waals surface area contributed by atoms with Crippen LogP contribution in [-0.4, -0.2) is 78.7 Å². The molecule has 10 heteroatoms. The zero-order valence-corrected chi connectivity index (χ0v) is 16.5. The maximum Gasteiger partial charge on any atom is 0.281 e. The molecule has 148 valence electrons. The summed E-state index contributed by atoms with van der Waals surface area (Å²) in [7, 11) is -3.71. The highest BCUT2D eigenvalue weighted by Gasteiger charge is 2.29. The summed E-state index contributed by atoms with van der Waals surface area (Å²) in [5.41, 5.74) is 0. The molecule has 0 aromatic heterocycles. The molecule has 0 saturated carbocycles. The van der Waals surface area contributed by atoms with Gasteiger partial charge in [0.2, 0.25) is 15.9 Å². The van der Waals surface area contributed by atoms with Gasteiger partial charge in [0, 0.05) is 51.4 Å². The van der Waals surface area contributed by atoms with E-state index in [0.717, 1.165) is 17.9 Å². The van der Waals surface area contributed by atoms with Crippen LogP contribution in [0.15, 0.2) is 29.2 Å². The Morgan fingerprint density at radius 3 is 2.48 bits per heavy atom. The molecule has 2 saturated heterocycles. The molecule has 2 aliphatic heterocycles. The fourth-order valence-electron chi connectivity index (χ4n) is 3.16. The predicted molar refractivity (Wildman–Crippen MR) is 100 cm³/mol. The quantitative estimate of drug-likeness (QED) is 0.730. The number of hydrogen-bond acceptors (Lipinski definition) is 5. The van der Waals surface area contributed by atoms with Crippen molar-refractivity contribution >= 4 is 32.9 Å². The maximum absolute atomic E-state index is 13.1. The Bertz CT molecular complexity index is 801. The first-order valence-electron chi connectivity index (χ1n) is 8.83. The van der Waals surface area contributed by atoms with E-state index in [1.807, 2.05) is 0 Å². The van der Waals surface area contributed by atoms with E-state index in [-0.39, 0.29) is 29.0 Å². The predicted octanol–water partition coefficient (Wildman–Crippen LogP) is 1.61. The van der Waals surface area contributed by atoms with Crippen molar-refractivity contribution in [3.8, 4) is 0 Å². The van der Waals surface area contributed by atoms with E-state index in [4.69, 9.17) is 0 Å². The van der Waals surface area contributed by atoms with Crippen LogP contribution in [0, 0.1) is 5.82 Å². The van der Waals surface area contributed by atoms with Crippen LogP contribution in [0.4, 0.5) is 9.18 Å². The highest BCUT2D eigenvalue weighted by atomic mass is 32.2. The van der Waals surface area contributed by atoms with Crippen LogP contribution in [0.1, 0.15) is 12.8 Å². The van der Waals surface area contributed by atoms with Gasteiger partial charge in [-0.15, -0.1) is 0 Å². The molecule has 2 fully saturated rings. The van der Waals surface area contributed by atoms with E-state index >= 15 is 0 Å². The summed E-state index contributed by atoms with van der Waals surface area (Å²) in [6.45, 7) is 2.37. The Hall–Kier alpha value is -1.65. The summed E-state index contributed by atoms with van der Waals surface area (Å²) >= 11 is 1.26. The Balaban J connectivity index is 1.57. The first kappa shape index (κ1) is 20.1. The molecule has 2 heterocycles. The molecule has 0 unspecified atom stereocenters. The molecular formula is C17H22FN3O4S2. The number of carbonyl (C=O) groups is 2. The van der Waals surface area contributed by atoms with Crippen molar-refractivity contribution in [3.05, 3.63) is 30.1 Å². The molecule has 0 N–H and O–H groups in total. The lowest BCUT2D eigenvalue weighted by atomic mass is 10.3. The minimum Gasteiger partial charge on any atom is -0.341 e.